The Labute approximate surface area is 94.8 Å². The van der Waals surface area contributed by atoms with Gasteiger partial charge >= 0.3 is 0 Å². The minimum absolute atomic E-state index is 0.394. The molecule has 1 aromatic heterocycles. The fourth-order valence-corrected chi connectivity index (χ4v) is 1.81. The van der Waals surface area contributed by atoms with Crippen molar-refractivity contribution in [3.8, 4) is 0 Å². The van der Waals surface area contributed by atoms with Gasteiger partial charge < -0.3 is 10.1 Å². The maximum atomic E-state index is 5.70. The van der Waals surface area contributed by atoms with Crippen LogP contribution in [0.15, 0.2) is 18.3 Å². The summed E-state index contributed by atoms with van der Waals surface area (Å²) in [6, 6.07) is 3.79. The van der Waals surface area contributed by atoms with Gasteiger partial charge in [-0.25, -0.2) is 4.98 Å². The van der Waals surface area contributed by atoms with Gasteiger partial charge in [0.2, 0.25) is 0 Å². The van der Waals surface area contributed by atoms with E-state index >= 15 is 0 Å². The van der Waals surface area contributed by atoms with Crippen molar-refractivity contribution in [3.05, 3.63) is 29.0 Å². The van der Waals surface area contributed by atoms with Crippen molar-refractivity contribution in [1.82, 2.24) is 10.3 Å². The molecule has 1 saturated heterocycles. The minimum Gasteiger partial charge on any atom is -0.377 e. The molecule has 0 amide bonds. The predicted molar refractivity (Wildman–Crippen MR) is 59.9 cm³/mol. The molecule has 1 aliphatic heterocycles. The summed E-state index contributed by atoms with van der Waals surface area (Å²) in [5, 5.41) is 3.89. The Bertz CT molecular complexity index is 296. The van der Waals surface area contributed by atoms with Gasteiger partial charge in [0.05, 0.1) is 6.10 Å². The molecule has 1 unspecified atom stereocenters. The van der Waals surface area contributed by atoms with E-state index in [1.807, 2.05) is 12.1 Å². The maximum Gasteiger partial charge on any atom is 0.129 e. The van der Waals surface area contributed by atoms with Gasteiger partial charge in [0.25, 0.3) is 0 Å². The summed E-state index contributed by atoms with van der Waals surface area (Å²) in [6.07, 6.45) is 4.55. The van der Waals surface area contributed by atoms with Gasteiger partial charge in [0.15, 0.2) is 0 Å². The molecule has 82 valence electrons. The SMILES string of the molecule is Clc1ccc(CNCC2CCCO2)cn1. The fourth-order valence-electron chi connectivity index (χ4n) is 1.69. The van der Waals surface area contributed by atoms with Gasteiger partial charge in [0, 0.05) is 25.9 Å². The quantitative estimate of drug-likeness (QED) is 0.798. The van der Waals surface area contributed by atoms with E-state index in [-0.39, 0.29) is 0 Å². The molecule has 1 atom stereocenters. The zero-order chi connectivity index (χ0) is 10.5. The molecule has 3 nitrogen and oxygen atoms in total. The third-order valence-electron chi connectivity index (χ3n) is 2.51. The first-order valence-electron chi connectivity index (χ1n) is 5.27. The number of halogens is 1. The van der Waals surface area contributed by atoms with Gasteiger partial charge in [-0.05, 0) is 24.5 Å². The number of hydrogen-bond donors (Lipinski definition) is 1. The minimum atomic E-state index is 0.394. The third kappa shape index (κ3) is 3.45. The fraction of sp³-hybridized carbons (Fsp3) is 0.545. The molecule has 1 aromatic rings. The molecule has 4 heteroatoms. The first-order valence-corrected chi connectivity index (χ1v) is 5.65. The third-order valence-corrected chi connectivity index (χ3v) is 2.74. The summed E-state index contributed by atoms with van der Waals surface area (Å²) in [7, 11) is 0. The number of nitrogens with one attached hydrogen (secondary N) is 1. The van der Waals surface area contributed by atoms with Crippen molar-refractivity contribution in [3.63, 3.8) is 0 Å². The molecule has 2 rings (SSSR count). The Balaban J connectivity index is 1.71. The summed E-state index contributed by atoms with van der Waals surface area (Å²) in [5.74, 6) is 0. The molecular formula is C11H15ClN2O. The van der Waals surface area contributed by atoms with Crippen molar-refractivity contribution in [2.75, 3.05) is 13.2 Å². The lowest BCUT2D eigenvalue weighted by molar-refractivity contribution is 0.110. The Morgan fingerprint density at radius 2 is 2.47 bits per heavy atom. The lowest BCUT2D eigenvalue weighted by Gasteiger charge is -2.10. The van der Waals surface area contributed by atoms with Crippen LogP contribution in [0.2, 0.25) is 5.15 Å². The van der Waals surface area contributed by atoms with Crippen LogP contribution in [0.1, 0.15) is 18.4 Å². The predicted octanol–water partition coefficient (Wildman–Crippen LogP) is 2.00. The number of rotatable bonds is 4. The second-order valence-corrected chi connectivity index (χ2v) is 4.14. The van der Waals surface area contributed by atoms with Crippen LogP contribution in [-0.4, -0.2) is 24.2 Å². The number of ether oxygens (including phenoxy) is 1. The highest BCUT2D eigenvalue weighted by Crippen LogP contribution is 2.11. The van der Waals surface area contributed by atoms with Gasteiger partial charge in [-0.3, -0.25) is 0 Å². The van der Waals surface area contributed by atoms with E-state index in [1.54, 1.807) is 6.20 Å². The molecule has 0 saturated carbocycles. The largest absolute Gasteiger partial charge is 0.377 e. The molecule has 0 bridgehead atoms. The van der Waals surface area contributed by atoms with Gasteiger partial charge in [0.1, 0.15) is 5.15 Å². The van der Waals surface area contributed by atoms with E-state index in [1.165, 1.54) is 12.8 Å². The second-order valence-electron chi connectivity index (χ2n) is 3.76. The summed E-state index contributed by atoms with van der Waals surface area (Å²) in [6.45, 7) is 2.65. The van der Waals surface area contributed by atoms with E-state index in [0.29, 0.717) is 11.3 Å². The van der Waals surface area contributed by atoms with Gasteiger partial charge in [-0.15, -0.1) is 0 Å². The van der Waals surface area contributed by atoms with E-state index < -0.39 is 0 Å². The molecule has 2 heterocycles. The summed E-state index contributed by atoms with van der Waals surface area (Å²) >= 11 is 5.70. The molecule has 15 heavy (non-hydrogen) atoms. The van der Waals surface area contributed by atoms with Crippen LogP contribution in [0.4, 0.5) is 0 Å². The van der Waals surface area contributed by atoms with E-state index in [0.717, 1.165) is 25.3 Å². The molecular weight excluding hydrogens is 212 g/mol. The van der Waals surface area contributed by atoms with Crippen LogP contribution in [0.25, 0.3) is 0 Å². The zero-order valence-electron chi connectivity index (χ0n) is 8.58. The van der Waals surface area contributed by atoms with Crippen LogP contribution in [0, 0.1) is 0 Å². The number of hydrogen-bond acceptors (Lipinski definition) is 3. The molecule has 1 aliphatic rings. The van der Waals surface area contributed by atoms with Crippen molar-refractivity contribution < 1.29 is 4.74 Å². The Morgan fingerprint density at radius 1 is 1.53 bits per heavy atom. The summed E-state index contributed by atoms with van der Waals surface area (Å²) < 4.78 is 5.51. The smallest absolute Gasteiger partial charge is 0.129 e. The summed E-state index contributed by atoms with van der Waals surface area (Å²) in [4.78, 5) is 4.02. The normalized spacial score (nSPS) is 20.7. The Kier molecular flexibility index (Phi) is 3.94. The van der Waals surface area contributed by atoms with Crippen LogP contribution >= 0.6 is 11.6 Å². The standard InChI is InChI=1S/C11H15ClN2O/c12-11-4-3-9(7-14-11)6-13-8-10-2-1-5-15-10/h3-4,7,10,13H,1-2,5-6,8H2. The lowest BCUT2D eigenvalue weighted by atomic mass is 10.2. The first kappa shape index (κ1) is 10.9. The average Bonchev–Trinajstić information content (AvgIpc) is 2.74. The molecule has 1 fully saturated rings. The Morgan fingerprint density at radius 3 is 3.13 bits per heavy atom. The molecule has 0 radical (unpaired) electrons. The summed E-state index contributed by atoms with van der Waals surface area (Å²) in [5.41, 5.74) is 1.15. The van der Waals surface area contributed by atoms with Crippen molar-refractivity contribution in [2.24, 2.45) is 0 Å². The zero-order valence-corrected chi connectivity index (χ0v) is 9.33. The van der Waals surface area contributed by atoms with Crippen molar-refractivity contribution >= 4 is 11.6 Å². The maximum absolute atomic E-state index is 5.70. The lowest BCUT2D eigenvalue weighted by Crippen LogP contribution is -2.25. The first-order chi connectivity index (χ1) is 7.34. The number of aromatic nitrogens is 1. The highest BCUT2D eigenvalue weighted by molar-refractivity contribution is 6.29. The van der Waals surface area contributed by atoms with Crippen LogP contribution in [0.5, 0.6) is 0 Å². The van der Waals surface area contributed by atoms with E-state index in [4.69, 9.17) is 16.3 Å². The highest BCUT2D eigenvalue weighted by atomic mass is 35.5. The second kappa shape index (κ2) is 5.45. The van der Waals surface area contributed by atoms with Crippen LogP contribution in [-0.2, 0) is 11.3 Å². The van der Waals surface area contributed by atoms with Crippen molar-refractivity contribution in [2.45, 2.75) is 25.5 Å². The van der Waals surface area contributed by atoms with Crippen LogP contribution in [0.3, 0.4) is 0 Å². The van der Waals surface area contributed by atoms with Gasteiger partial charge in [-0.1, -0.05) is 17.7 Å². The van der Waals surface area contributed by atoms with E-state index in [9.17, 15) is 0 Å². The van der Waals surface area contributed by atoms with Crippen LogP contribution < -0.4 is 5.32 Å². The number of nitrogens with zero attached hydrogens (tertiary/aromatic N) is 1. The molecule has 0 spiro atoms. The Hall–Kier alpha value is -0.640. The molecule has 0 aliphatic carbocycles. The monoisotopic (exact) mass is 226 g/mol. The molecule has 0 aromatic carbocycles. The highest BCUT2D eigenvalue weighted by Gasteiger charge is 2.14. The average molecular weight is 227 g/mol. The molecule has 1 N–H and O–H groups in total. The van der Waals surface area contributed by atoms with E-state index in [2.05, 4.69) is 10.3 Å². The topological polar surface area (TPSA) is 34.1 Å². The van der Waals surface area contributed by atoms with Crippen molar-refractivity contribution in [1.29, 1.82) is 0 Å². The number of pyridine rings is 1. The van der Waals surface area contributed by atoms with Gasteiger partial charge in [-0.2, -0.15) is 0 Å².